The van der Waals surface area contributed by atoms with Crippen LogP contribution in [0, 0.1) is 28.6 Å². The Hall–Kier alpha value is -1.57. The summed E-state index contributed by atoms with van der Waals surface area (Å²) in [6.07, 6.45) is 5.39. The first-order valence-corrected chi connectivity index (χ1v) is 11.4. The molecule has 3 saturated carbocycles. The van der Waals surface area contributed by atoms with Crippen LogP contribution in [0.2, 0.25) is 0 Å². The number of fused-ring (bicyclic) bond motifs is 5. The highest BCUT2D eigenvalue weighted by molar-refractivity contribution is 5.92. The van der Waals surface area contributed by atoms with Gasteiger partial charge in [0.1, 0.15) is 12.2 Å². The van der Waals surface area contributed by atoms with Gasteiger partial charge in [-0.3, -0.25) is 9.59 Å². The summed E-state index contributed by atoms with van der Waals surface area (Å²) in [5.74, 6) is -0.671. The lowest BCUT2D eigenvalue weighted by molar-refractivity contribution is -0.184. The molecule has 172 valence electrons. The number of aliphatic hydroxyl groups is 2. The average Bonchev–Trinajstić information content (AvgIpc) is 2.98. The Balaban J connectivity index is 1.59. The van der Waals surface area contributed by atoms with E-state index in [1.165, 1.54) is 7.11 Å². The first-order chi connectivity index (χ1) is 14.6. The van der Waals surface area contributed by atoms with Crippen molar-refractivity contribution in [2.24, 2.45) is 28.6 Å². The molecule has 0 heterocycles. The van der Waals surface area contributed by atoms with Crippen LogP contribution in [0.3, 0.4) is 0 Å². The summed E-state index contributed by atoms with van der Waals surface area (Å²) < 4.78 is 9.72. The van der Waals surface area contributed by atoms with Crippen molar-refractivity contribution in [1.82, 2.24) is 0 Å². The van der Waals surface area contributed by atoms with Gasteiger partial charge in [-0.15, -0.1) is 0 Å². The highest BCUT2D eigenvalue weighted by Crippen LogP contribution is 2.67. The predicted octanol–water partition coefficient (Wildman–Crippen LogP) is 1.98. The fourth-order valence-corrected chi connectivity index (χ4v) is 7.58. The second kappa shape index (κ2) is 7.78. The molecule has 31 heavy (non-hydrogen) atoms. The fourth-order valence-electron chi connectivity index (χ4n) is 7.58. The molecule has 0 aromatic carbocycles. The summed E-state index contributed by atoms with van der Waals surface area (Å²) in [6.45, 7) is 3.36. The zero-order valence-electron chi connectivity index (χ0n) is 18.7. The molecule has 0 bridgehead atoms. The van der Waals surface area contributed by atoms with Crippen LogP contribution >= 0.6 is 0 Å². The summed E-state index contributed by atoms with van der Waals surface area (Å²) in [7, 11) is 1.37. The minimum atomic E-state index is -1.63. The molecule has 7 atom stereocenters. The normalized spacial score (nSPS) is 44.0. The van der Waals surface area contributed by atoms with Crippen LogP contribution in [0.15, 0.2) is 11.6 Å². The maximum atomic E-state index is 13.0. The van der Waals surface area contributed by atoms with E-state index in [1.807, 2.05) is 6.92 Å². The molecule has 7 nitrogen and oxygen atoms in total. The Kier molecular flexibility index (Phi) is 5.68. The Labute approximate surface area is 183 Å². The second-order valence-electron chi connectivity index (χ2n) is 10.5. The van der Waals surface area contributed by atoms with Gasteiger partial charge in [-0.1, -0.05) is 19.4 Å². The quantitative estimate of drug-likeness (QED) is 0.637. The lowest BCUT2D eigenvalue weighted by Crippen LogP contribution is -2.62. The number of carbonyl (C=O) groups is 3. The molecule has 0 aromatic rings. The van der Waals surface area contributed by atoms with Crippen molar-refractivity contribution in [3.63, 3.8) is 0 Å². The second-order valence-corrected chi connectivity index (χ2v) is 10.5. The first-order valence-electron chi connectivity index (χ1n) is 11.4. The third-order valence-corrected chi connectivity index (χ3v) is 9.14. The van der Waals surface area contributed by atoms with E-state index in [2.05, 4.69) is 6.92 Å². The van der Waals surface area contributed by atoms with Crippen LogP contribution in [0.5, 0.6) is 0 Å². The lowest BCUT2D eigenvalue weighted by Gasteiger charge is -2.60. The third-order valence-electron chi connectivity index (χ3n) is 9.14. The Morgan fingerprint density at radius 1 is 1.16 bits per heavy atom. The van der Waals surface area contributed by atoms with Crippen molar-refractivity contribution >= 4 is 17.5 Å². The SMILES string of the molecule is COCC(=O)OCC(=O)[C@@]1(O)CC[C@H]2[C@@H]3CCC4=CC(=O)CC[C@]4(C)[C@H]3C(O)C[C@@]21C. The van der Waals surface area contributed by atoms with Crippen molar-refractivity contribution in [2.45, 2.75) is 70.5 Å². The van der Waals surface area contributed by atoms with Crippen LogP contribution in [0.1, 0.15) is 58.8 Å². The van der Waals surface area contributed by atoms with Gasteiger partial charge < -0.3 is 19.7 Å². The molecule has 4 aliphatic rings. The molecule has 0 aromatic heterocycles. The summed E-state index contributed by atoms with van der Waals surface area (Å²) in [4.78, 5) is 36.6. The zero-order chi connectivity index (χ0) is 22.6. The van der Waals surface area contributed by atoms with Gasteiger partial charge in [0, 0.05) is 18.9 Å². The van der Waals surface area contributed by atoms with Crippen molar-refractivity contribution in [3.05, 3.63) is 11.6 Å². The van der Waals surface area contributed by atoms with E-state index in [4.69, 9.17) is 9.47 Å². The minimum absolute atomic E-state index is 0.0238. The Morgan fingerprint density at radius 3 is 2.61 bits per heavy atom. The number of ether oxygens (including phenoxy) is 2. The molecule has 4 aliphatic carbocycles. The van der Waals surface area contributed by atoms with Crippen molar-refractivity contribution in [1.29, 1.82) is 0 Å². The predicted molar refractivity (Wildman–Crippen MR) is 111 cm³/mol. The van der Waals surface area contributed by atoms with E-state index in [0.29, 0.717) is 25.7 Å². The van der Waals surface area contributed by atoms with E-state index in [9.17, 15) is 24.6 Å². The van der Waals surface area contributed by atoms with Crippen molar-refractivity contribution in [3.8, 4) is 0 Å². The van der Waals surface area contributed by atoms with Gasteiger partial charge in [0.15, 0.2) is 12.4 Å². The number of hydrogen-bond acceptors (Lipinski definition) is 7. The number of ketones is 2. The summed E-state index contributed by atoms with van der Waals surface area (Å²) in [6, 6.07) is 0. The number of Topliss-reactive ketones (excluding diaryl/α,β-unsaturated/α-hetero) is 1. The van der Waals surface area contributed by atoms with Gasteiger partial charge >= 0.3 is 5.97 Å². The molecule has 0 spiro atoms. The van der Waals surface area contributed by atoms with Crippen LogP contribution < -0.4 is 0 Å². The number of methoxy groups -OCH3 is 1. The summed E-state index contributed by atoms with van der Waals surface area (Å²) in [5, 5.41) is 22.9. The number of esters is 1. The van der Waals surface area contributed by atoms with Crippen LogP contribution in [0.4, 0.5) is 0 Å². The highest BCUT2D eigenvalue weighted by Gasteiger charge is 2.68. The van der Waals surface area contributed by atoms with Gasteiger partial charge in [0.05, 0.1) is 6.10 Å². The molecule has 2 N–H and O–H groups in total. The Bertz CT molecular complexity index is 819. The average molecular weight is 435 g/mol. The van der Waals surface area contributed by atoms with E-state index in [0.717, 1.165) is 24.8 Å². The maximum Gasteiger partial charge on any atom is 0.332 e. The topological polar surface area (TPSA) is 110 Å². The molecule has 0 radical (unpaired) electrons. The molecule has 0 aliphatic heterocycles. The number of aliphatic hydroxyl groups excluding tert-OH is 1. The van der Waals surface area contributed by atoms with E-state index in [1.54, 1.807) is 6.08 Å². The molecular weight excluding hydrogens is 400 g/mol. The van der Waals surface area contributed by atoms with E-state index < -0.39 is 35.5 Å². The Morgan fingerprint density at radius 2 is 1.90 bits per heavy atom. The van der Waals surface area contributed by atoms with Gasteiger partial charge in [0.25, 0.3) is 0 Å². The number of rotatable bonds is 5. The lowest BCUT2D eigenvalue weighted by atomic mass is 9.45. The molecule has 0 amide bonds. The molecule has 0 saturated heterocycles. The van der Waals surface area contributed by atoms with Crippen molar-refractivity contribution < 1.29 is 34.1 Å². The largest absolute Gasteiger partial charge is 0.456 e. The smallest absolute Gasteiger partial charge is 0.332 e. The van der Waals surface area contributed by atoms with Crippen molar-refractivity contribution in [2.75, 3.05) is 20.3 Å². The molecular formula is C24H34O7. The number of hydrogen-bond donors (Lipinski definition) is 2. The number of carbonyl (C=O) groups excluding carboxylic acids is 3. The number of allylic oxidation sites excluding steroid dienone is 1. The molecule has 4 rings (SSSR count). The first kappa shape index (κ1) is 22.6. The highest BCUT2D eigenvalue weighted by atomic mass is 16.6. The minimum Gasteiger partial charge on any atom is -0.456 e. The monoisotopic (exact) mass is 434 g/mol. The van der Waals surface area contributed by atoms with Gasteiger partial charge in [0.2, 0.25) is 5.78 Å². The molecule has 3 fully saturated rings. The third kappa shape index (κ3) is 3.31. The van der Waals surface area contributed by atoms with Crippen LogP contribution in [-0.4, -0.2) is 59.8 Å². The van der Waals surface area contributed by atoms with Crippen LogP contribution in [-0.2, 0) is 23.9 Å². The molecule has 7 heteroatoms. The van der Waals surface area contributed by atoms with Gasteiger partial charge in [-0.25, -0.2) is 4.79 Å². The van der Waals surface area contributed by atoms with Gasteiger partial charge in [-0.2, -0.15) is 0 Å². The summed E-state index contributed by atoms with van der Waals surface area (Å²) >= 11 is 0. The van der Waals surface area contributed by atoms with E-state index in [-0.39, 0.29) is 35.6 Å². The standard InChI is InChI=1S/C24H34O7/c1-22-8-6-15(25)10-14(22)4-5-16-17-7-9-24(29,19(27)12-31-20(28)13-30-3)23(17,2)11-18(26)21(16)22/h10,16-18,21,26,29H,4-9,11-13H2,1-3H3/t16-,17-,18?,21+,22-,23-,24-/m0/s1. The van der Waals surface area contributed by atoms with Gasteiger partial charge in [-0.05, 0) is 67.8 Å². The maximum absolute atomic E-state index is 13.0. The molecule has 1 unspecified atom stereocenters. The summed E-state index contributed by atoms with van der Waals surface area (Å²) in [5.41, 5.74) is -1.46. The zero-order valence-corrected chi connectivity index (χ0v) is 18.7. The van der Waals surface area contributed by atoms with E-state index >= 15 is 0 Å². The fraction of sp³-hybridized carbons (Fsp3) is 0.792. The van der Waals surface area contributed by atoms with Crippen LogP contribution in [0.25, 0.3) is 0 Å².